The average molecular weight is 273 g/mol. The van der Waals surface area contributed by atoms with E-state index in [0.717, 1.165) is 5.56 Å². The normalized spacial score (nSPS) is 10.8. The van der Waals surface area contributed by atoms with E-state index in [1.807, 2.05) is 0 Å². The van der Waals surface area contributed by atoms with Gasteiger partial charge in [0.15, 0.2) is 0 Å². The zero-order chi connectivity index (χ0) is 13.8. The fourth-order valence-electron chi connectivity index (χ4n) is 1.15. The van der Waals surface area contributed by atoms with Gasteiger partial charge in [-0.05, 0) is 31.5 Å². The molecular formula is C10H15N3O4S. The Morgan fingerprint density at radius 1 is 1.44 bits per heavy atom. The van der Waals surface area contributed by atoms with E-state index in [-0.39, 0.29) is 12.3 Å². The predicted molar refractivity (Wildman–Crippen MR) is 68.3 cm³/mol. The van der Waals surface area contributed by atoms with Gasteiger partial charge in [-0.1, -0.05) is 6.07 Å². The highest BCUT2D eigenvalue weighted by Gasteiger charge is 2.15. The number of benzene rings is 1. The Bertz CT molecular complexity index is 542. The number of anilines is 2. The van der Waals surface area contributed by atoms with Crippen LogP contribution in [0.2, 0.25) is 0 Å². The number of ether oxygens (including phenoxy) is 1. The lowest BCUT2D eigenvalue weighted by Crippen LogP contribution is -2.35. The van der Waals surface area contributed by atoms with Gasteiger partial charge in [-0.25, -0.2) is 9.52 Å². The van der Waals surface area contributed by atoms with Crippen LogP contribution in [-0.2, 0) is 14.9 Å². The number of amides is 1. The van der Waals surface area contributed by atoms with E-state index in [0.29, 0.717) is 5.69 Å². The Kier molecular flexibility index (Phi) is 4.38. The van der Waals surface area contributed by atoms with Gasteiger partial charge in [-0.3, -0.25) is 4.72 Å². The SMILES string of the molecule is CCOC(=O)NS(=O)(=O)Nc1ccc(C)c(N)c1. The number of nitrogens with one attached hydrogen (secondary N) is 2. The lowest BCUT2D eigenvalue weighted by Gasteiger charge is -2.10. The number of rotatable bonds is 4. The fourth-order valence-corrected chi connectivity index (χ4v) is 1.92. The minimum atomic E-state index is -4.02. The molecule has 4 N–H and O–H groups in total. The molecule has 1 rings (SSSR count). The summed E-state index contributed by atoms with van der Waals surface area (Å²) in [6.45, 7) is 3.45. The van der Waals surface area contributed by atoms with Crippen molar-refractivity contribution >= 4 is 27.7 Å². The largest absolute Gasteiger partial charge is 0.449 e. The van der Waals surface area contributed by atoms with E-state index in [2.05, 4.69) is 9.46 Å². The molecule has 0 radical (unpaired) electrons. The first-order valence-corrected chi connectivity index (χ1v) is 6.66. The molecule has 1 aromatic carbocycles. The van der Waals surface area contributed by atoms with Gasteiger partial charge in [0.05, 0.1) is 12.3 Å². The van der Waals surface area contributed by atoms with E-state index >= 15 is 0 Å². The average Bonchev–Trinajstić information content (AvgIpc) is 2.22. The molecule has 0 saturated carbocycles. The van der Waals surface area contributed by atoms with Crippen LogP contribution in [0.3, 0.4) is 0 Å². The quantitative estimate of drug-likeness (QED) is 0.708. The molecule has 0 heterocycles. The second kappa shape index (κ2) is 5.58. The van der Waals surface area contributed by atoms with Crippen molar-refractivity contribution in [3.63, 3.8) is 0 Å². The van der Waals surface area contributed by atoms with Gasteiger partial charge in [0.1, 0.15) is 0 Å². The van der Waals surface area contributed by atoms with Crippen LogP contribution in [0.4, 0.5) is 16.2 Å². The second-order valence-electron chi connectivity index (χ2n) is 3.50. The third-order valence-corrected chi connectivity index (χ3v) is 2.96. The van der Waals surface area contributed by atoms with Crippen molar-refractivity contribution < 1.29 is 17.9 Å². The first kappa shape index (κ1) is 14.1. The number of carbonyl (C=O) groups is 1. The Hall–Kier alpha value is -1.96. The predicted octanol–water partition coefficient (Wildman–Crippen LogP) is 0.980. The Balaban J connectivity index is 2.76. The van der Waals surface area contributed by atoms with Crippen molar-refractivity contribution in [2.75, 3.05) is 17.1 Å². The van der Waals surface area contributed by atoms with Crippen LogP contribution in [-0.4, -0.2) is 21.1 Å². The summed E-state index contributed by atoms with van der Waals surface area (Å²) >= 11 is 0. The molecule has 0 aliphatic rings. The van der Waals surface area contributed by atoms with E-state index < -0.39 is 16.3 Å². The summed E-state index contributed by atoms with van der Waals surface area (Å²) < 4.78 is 31.4. The van der Waals surface area contributed by atoms with Gasteiger partial charge >= 0.3 is 16.3 Å². The Morgan fingerprint density at radius 2 is 2.11 bits per heavy atom. The maximum atomic E-state index is 11.5. The topological polar surface area (TPSA) is 111 Å². The molecule has 0 saturated heterocycles. The molecule has 1 aromatic rings. The fraction of sp³-hybridized carbons (Fsp3) is 0.300. The summed E-state index contributed by atoms with van der Waals surface area (Å²) in [6.07, 6.45) is -1.04. The molecule has 0 bridgehead atoms. The van der Waals surface area contributed by atoms with Gasteiger partial charge in [0, 0.05) is 5.69 Å². The number of nitrogens with two attached hydrogens (primary N) is 1. The molecule has 0 atom stereocenters. The summed E-state index contributed by atoms with van der Waals surface area (Å²) in [4.78, 5) is 11.0. The zero-order valence-electron chi connectivity index (χ0n) is 10.1. The van der Waals surface area contributed by atoms with Crippen LogP contribution >= 0.6 is 0 Å². The molecule has 18 heavy (non-hydrogen) atoms. The van der Waals surface area contributed by atoms with Crippen LogP contribution in [0.5, 0.6) is 0 Å². The van der Waals surface area contributed by atoms with Crippen LogP contribution in [0.1, 0.15) is 12.5 Å². The summed E-state index contributed by atoms with van der Waals surface area (Å²) in [6, 6.07) is 4.66. The third kappa shape index (κ3) is 4.13. The standard InChI is InChI=1S/C10H15N3O4S/c1-3-17-10(14)13-18(15,16)12-8-5-4-7(2)9(11)6-8/h4-6,12H,3,11H2,1-2H3,(H,13,14). The van der Waals surface area contributed by atoms with E-state index in [1.54, 1.807) is 24.6 Å². The molecule has 0 aliphatic carbocycles. The molecule has 0 spiro atoms. The van der Waals surface area contributed by atoms with Gasteiger partial charge in [0.25, 0.3) is 0 Å². The number of nitrogen functional groups attached to an aromatic ring is 1. The second-order valence-corrected chi connectivity index (χ2v) is 4.91. The molecular weight excluding hydrogens is 258 g/mol. The van der Waals surface area contributed by atoms with Crippen LogP contribution in [0, 0.1) is 6.92 Å². The van der Waals surface area contributed by atoms with Crippen LogP contribution in [0.15, 0.2) is 18.2 Å². The number of carbonyl (C=O) groups excluding carboxylic acids is 1. The van der Waals surface area contributed by atoms with Crippen molar-refractivity contribution in [1.29, 1.82) is 0 Å². The van der Waals surface area contributed by atoms with Crippen LogP contribution < -0.4 is 15.2 Å². The van der Waals surface area contributed by atoms with Crippen molar-refractivity contribution in [3.05, 3.63) is 23.8 Å². The highest BCUT2D eigenvalue weighted by molar-refractivity contribution is 7.91. The summed E-state index contributed by atoms with van der Waals surface area (Å²) in [5.41, 5.74) is 7.18. The molecule has 0 aromatic heterocycles. The van der Waals surface area contributed by atoms with Gasteiger partial charge in [-0.2, -0.15) is 8.42 Å². The van der Waals surface area contributed by atoms with E-state index in [9.17, 15) is 13.2 Å². The lowest BCUT2D eigenvalue weighted by atomic mass is 10.2. The minimum Gasteiger partial charge on any atom is -0.449 e. The van der Waals surface area contributed by atoms with E-state index in [1.165, 1.54) is 12.1 Å². The summed E-state index contributed by atoms with van der Waals surface area (Å²) in [5.74, 6) is 0. The summed E-state index contributed by atoms with van der Waals surface area (Å²) in [7, 11) is -4.02. The van der Waals surface area contributed by atoms with Crippen molar-refractivity contribution in [3.8, 4) is 0 Å². The summed E-state index contributed by atoms with van der Waals surface area (Å²) in [5, 5.41) is 0. The third-order valence-electron chi connectivity index (χ3n) is 2.02. The number of hydrogen-bond donors (Lipinski definition) is 3. The molecule has 100 valence electrons. The van der Waals surface area contributed by atoms with Gasteiger partial charge in [0.2, 0.25) is 0 Å². The van der Waals surface area contributed by atoms with Crippen molar-refractivity contribution in [2.45, 2.75) is 13.8 Å². The number of hydrogen-bond acceptors (Lipinski definition) is 5. The monoisotopic (exact) mass is 273 g/mol. The smallest absolute Gasteiger partial charge is 0.422 e. The molecule has 0 unspecified atom stereocenters. The maximum Gasteiger partial charge on any atom is 0.422 e. The van der Waals surface area contributed by atoms with Crippen molar-refractivity contribution in [1.82, 2.24) is 4.72 Å². The molecule has 7 nitrogen and oxygen atoms in total. The van der Waals surface area contributed by atoms with E-state index in [4.69, 9.17) is 5.73 Å². The van der Waals surface area contributed by atoms with Crippen LogP contribution in [0.25, 0.3) is 0 Å². The molecule has 8 heteroatoms. The maximum absolute atomic E-state index is 11.5. The Labute approximate surface area is 106 Å². The van der Waals surface area contributed by atoms with Gasteiger partial charge < -0.3 is 10.5 Å². The van der Waals surface area contributed by atoms with Crippen molar-refractivity contribution in [2.24, 2.45) is 0 Å². The van der Waals surface area contributed by atoms with Gasteiger partial charge in [-0.15, -0.1) is 0 Å². The molecule has 1 amide bonds. The highest BCUT2D eigenvalue weighted by Crippen LogP contribution is 2.17. The lowest BCUT2D eigenvalue weighted by molar-refractivity contribution is 0.159. The highest BCUT2D eigenvalue weighted by atomic mass is 32.2. The minimum absolute atomic E-state index is 0.0822. The Morgan fingerprint density at radius 3 is 2.67 bits per heavy atom. The first-order chi connectivity index (χ1) is 8.34. The zero-order valence-corrected chi connectivity index (χ0v) is 10.9. The molecule has 0 aliphatic heterocycles. The first-order valence-electron chi connectivity index (χ1n) is 5.17. The molecule has 0 fully saturated rings. The number of aryl methyl sites for hydroxylation is 1.